The predicted molar refractivity (Wildman–Crippen MR) is 82.1 cm³/mol. The molecule has 0 aromatic heterocycles. The first-order valence-corrected chi connectivity index (χ1v) is 7.08. The van der Waals surface area contributed by atoms with Crippen LogP contribution in [0.5, 0.6) is 0 Å². The topological polar surface area (TPSA) is 64.8 Å². The van der Waals surface area contributed by atoms with Crippen LogP contribution in [0.15, 0.2) is 0 Å². The van der Waals surface area contributed by atoms with Crippen LogP contribution in [0, 0.1) is 5.41 Å². The molecule has 1 amide bonds. The molecule has 0 radical (unpaired) electrons. The van der Waals surface area contributed by atoms with E-state index in [1.807, 2.05) is 7.05 Å². The van der Waals surface area contributed by atoms with Gasteiger partial charge >= 0.3 is 0 Å². The quantitative estimate of drug-likeness (QED) is 0.689. The Labute approximate surface area is 128 Å². The number of carbonyl (C=O) groups is 1. The summed E-state index contributed by atoms with van der Waals surface area (Å²) in [5.74, 6) is 0.105. The second-order valence-corrected chi connectivity index (χ2v) is 6.08. The highest BCUT2D eigenvalue weighted by molar-refractivity contribution is 5.85. The highest BCUT2D eigenvalue weighted by atomic mass is 35.5. The fourth-order valence-electron chi connectivity index (χ4n) is 2.14. The average Bonchev–Trinajstić information content (AvgIpc) is 2.87. The maximum absolute atomic E-state index is 11.9. The van der Waals surface area contributed by atoms with Crippen LogP contribution >= 0.6 is 12.4 Å². The Hall–Kier alpha value is -0.360. The summed E-state index contributed by atoms with van der Waals surface area (Å²) < 4.78 is 11.0. The molecule has 120 valence electrons. The minimum Gasteiger partial charge on any atom is -0.378 e. The lowest BCUT2D eigenvalue weighted by molar-refractivity contribution is -0.132. The number of amides is 1. The van der Waals surface area contributed by atoms with E-state index < -0.39 is 0 Å². The van der Waals surface area contributed by atoms with Gasteiger partial charge in [0.1, 0.15) is 0 Å². The lowest BCUT2D eigenvalue weighted by Crippen LogP contribution is -2.40. The maximum Gasteiger partial charge on any atom is 0.224 e. The first kappa shape index (κ1) is 19.6. The molecule has 2 N–H and O–H groups in total. The number of ether oxygens (including phenoxy) is 2. The van der Waals surface area contributed by atoms with Crippen LogP contribution < -0.4 is 5.73 Å². The molecule has 0 aromatic rings. The molecule has 1 saturated heterocycles. The minimum atomic E-state index is -0.0387. The molecule has 0 aromatic carbocycles. The van der Waals surface area contributed by atoms with E-state index in [-0.39, 0.29) is 29.8 Å². The molecule has 1 aliphatic heterocycles. The number of nitrogens with two attached hydrogens (primary N) is 1. The highest BCUT2D eigenvalue weighted by Crippen LogP contribution is 2.14. The zero-order valence-electron chi connectivity index (χ0n) is 12.9. The Balaban J connectivity index is 0.00000361. The molecule has 5 nitrogen and oxygen atoms in total. The molecule has 0 bridgehead atoms. The predicted octanol–water partition coefficient (Wildman–Crippen LogP) is 1.44. The first-order valence-electron chi connectivity index (χ1n) is 7.08. The van der Waals surface area contributed by atoms with Crippen molar-refractivity contribution >= 4 is 18.3 Å². The summed E-state index contributed by atoms with van der Waals surface area (Å²) in [6.07, 6.45) is 2.83. The Bertz CT molecular complexity index is 282. The van der Waals surface area contributed by atoms with E-state index in [0.29, 0.717) is 32.7 Å². The highest BCUT2D eigenvalue weighted by Gasteiger charge is 2.21. The maximum atomic E-state index is 11.9. The van der Waals surface area contributed by atoms with Crippen molar-refractivity contribution in [3.8, 4) is 0 Å². The average molecular weight is 309 g/mol. The van der Waals surface area contributed by atoms with Gasteiger partial charge in [-0.1, -0.05) is 13.8 Å². The summed E-state index contributed by atoms with van der Waals surface area (Å²) in [6, 6.07) is 0. The van der Waals surface area contributed by atoms with Gasteiger partial charge in [0.15, 0.2) is 0 Å². The zero-order valence-corrected chi connectivity index (χ0v) is 13.7. The Kier molecular flexibility index (Phi) is 9.38. The van der Waals surface area contributed by atoms with Crippen molar-refractivity contribution in [1.29, 1.82) is 0 Å². The van der Waals surface area contributed by atoms with E-state index in [9.17, 15) is 4.79 Å². The van der Waals surface area contributed by atoms with Gasteiger partial charge in [0.2, 0.25) is 5.91 Å². The minimum absolute atomic E-state index is 0. The third kappa shape index (κ3) is 7.43. The van der Waals surface area contributed by atoms with E-state index in [1.165, 1.54) is 0 Å². The fraction of sp³-hybridized carbons (Fsp3) is 0.929. The lowest BCUT2D eigenvalue weighted by Gasteiger charge is -2.29. The van der Waals surface area contributed by atoms with Crippen LogP contribution in [0.1, 0.15) is 33.1 Å². The molecule has 0 saturated carbocycles. The molecule has 0 aliphatic carbocycles. The van der Waals surface area contributed by atoms with Gasteiger partial charge in [-0.3, -0.25) is 4.79 Å². The summed E-state index contributed by atoms with van der Waals surface area (Å²) in [5.41, 5.74) is 5.63. The summed E-state index contributed by atoms with van der Waals surface area (Å²) in [6.45, 7) is 7.27. The normalized spacial score (nSPS) is 18.7. The number of carbonyl (C=O) groups excluding carboxylic acids is 1. The van der Waals surface area contributed by atoms with Gasteiger partial charge in [-0.2, -0.15) is 0 Å². The molecular formula is C14H29ClN2O3. The smallest absolute Gasteiger partial charge is 0.224 e. The number of nitrogens with zero attached hydrogens (tertiary/aromatic N) is 1. The Morgan fingerprint density at radius 1 is 1.50 bits per heavy atom. The van der Waals surface area contributed by atoms with Crippen molar-refractivity contribution in [2.24, 2.45) is 11.1 Å². The van der Waals surface area contributed by atoms with Crippen molar-refractivity contribution in [2.45, 2.75) is 39.2 Å². The van der Waals surface area contributed by atoms with Gasteiger partial charge in [0, 0.05) is 20.2 Å². The molecule has 6 heteroatoms. The monoisotopic (exact) mass is 308 g/mol. The van der Waals surface area contributed by atoms with Gasteiger partial charge < -0.3 is 20.1 Å². The lowest BCUT2D eigenvalue weighted by atomic mass is 9.93. The zero-order chi connectivity index (χ0) is 14.3. The number of halogens is 1. The van der Waals surface area contributed by atoms with E-state index in [4.69, 9.17) is 15.2 Å². The number of hydrogen-bond acceptors (Lipinski definition) is 4. The summed E-state index contributed by atoms with van der Waals surface area (Å²) in [4.78, 5) is 13.6. The van der Waals surface area contributed by atoms with Gasteiger partial charge in [0.05, 0.1) is 25.7 Å². The largest absolute Gasteiger partial charge is 0.378 e. The van der Waals surface area contributed by atoms with Crippen LogP contribution in [-0.2, 0) is 14.3 Å². The Morgan fingerprint density at radius 3 is 2.75 bits per heavy atom. The summed E-state index contributed by atoms with van der Waals surface area (Å²) >= 11 is 0. The first-order chi connectivity index (χ1) is 8.94. The molecule has 1 unspecified atom stereocenters. The van der Waals surface area contributed by atoms with Crippen molar-refractivity contribution in [2.75, 3.05) is 40.0 Å². The molecule has 20 heavy (non-hydrogen) atoms. The van der Waals surface area contributed by atoms with Crippen LogP contribution in [0.3, 0.4) is 0 Å². The second kappa shape index (κ2) is 9.55. The van der Waals surface area contributed by atoms with Gasteiger partial charge in [-0.25, -0.2) is 0 Å². The van der Waals surface area contributed by atoms with E-state index in [0.717, 1.165) is 19.4 Å². The third-order valence-corrected chi connectivity index (χ3v) is 3.43. The van der Waals surface area contributed by atoms with E-state index in [2.05, 4.69) is 13.8 Å². The van der Waals surface area contributed by atoms with Crippen molar-refractivity contribution in [3.05, 3.63) is 0 Å². The molecule has 0 spiro atoms. The van der Waals surface area contributed by atoms with Crippen LogP contribution in [0.4, 0.5) is 0 Å². The molecule has 1 heterocycles. The third-order valence-electron chi connectivity index (χ3n) is 3.43. The molecular weight excluding hydrogens is 280 g/mol. The molecule has 1 atom stereocenters. The van der Waals surface area contributed by atoms with Crippen LogP contribution in [0.25, 0.3) is 0 Å². The van der Waals surface area contributed by atoms with Gasteiger partial charge in [0.25, 0.3) is 0 Å². The molecule has 1 aliphatic rings. The molecule has 1 fully saturated rings. The Morgan fingerprint density at radius 2 is 2.20 bits per heavy atom. The van der Waals surface area contributed by atoms with Gasteiger partial charge in [-0.05, 0) is 24.8 Å². The standard InChI is InChI=1S/C14H28N2O3.ClH/c1-14(2,10-15)11-16(3)13(17)6-8-18-9-12-5-4-7-19-12;/h12H,4-11,15H2,1-3H3;1H. The van der Waals surface area contributed by atoms with Gasteiger partial charge in [-0.15, -0.1) is 12.4 Å². The van der Waals surface area contributed by atoms with Crippen LogP contribution in [0.2, 0.25) is 0 Å². The van der Waals surface area contributed by atoms with Crippen molar-refractivity contribution in [1.82, 2.24) is 4.90 Å². The summed E-state index contributed by atoms with van der Waals surface area (Å²) in [7, 11) is 1.82. The van der Waals surface area contributed by atoms with E-state index in [1.54, 1.807) is 4.90 Å². The SMILES string of the molecule is CN(CC(C)(C)CN)C(=O)CCOCC1CCCO1.Cl. The second-order valence-electron chi connectivity index (χ2n) is 6.08. The van der Waals surface area contributed by atoms with E-state index >= 15 is 0 Å². The van der Waals surface area contributed by atoms with Crippen molar-refractivity contribution in [3.63, 3.8) is 0 Å². The summed E-state index contributed by atoms with van der Waals surface area (Å²) in [5, 5.41) is 0. The number of hydrogen-bond donors (Lipinski definition) is 1. The van der Waals surface area contributed by atoms with Crippen LogP contribution in [-0.4, -0.2) is 56.9 Å². The fourth-order valence-corrected chi connectivity index (χ4v) is 2.14. The number of rotatable bonds is 8. The molecule has 1 rings (SSSR count). The van der Waals surface area contributed by atoms with Crippen molar-refractivity contribution < 1.29 is 14.3 Å².